The van der Waals surface area contributed by atoms with Crippen LogP contribution < -0.4 is 21.9 Å². The third-order valence-corrected chi connectivity index (χ3v) is 8.18. The molecule has 0 unspecified atom stereocenters. The number of benzene rings is 1. The zero-order valence-electron chi connectivity index (χ0n) is 9.47. The molecule has 2 rings (SSSR count). The van der Waals surface area contributed by atoms with Crippen molar-refractivity contribution in [2.45, 2.75) is 0 Å². The van der Waals surface area contributed by atoms with Gasteiger partial charge in [-0.15, -0.1) is 0 Å². The van der Waals surface area contributed by atoms with E-state index in [1.165, 1.54) is 0 Å². The standard InChI is InChI=1S/C9H2Br5N3O4/c10-1-2(11)4(13)6(5(14)3(1)12)21-17-8(19)15-7(18)16-9(17)20/h(H2,15,16,18,19,20). The predicted octanol–water partition coefficient (Wildman–Crippen LogP) is 2.88. The van der Waals surface area contributed by atoms with E-state index in [2.05, 4.69) is 79.6 Å². The smallest absolute Gasteiger partial charge is 0.363 e. The van der Waals surface area contributed by atoms with Crippen molar-refractivity contribution < 1.29 is 4.84 Å². The predicted molar refractivity (Wildman–Crippen MR) is 92.9 cm³/mol. The number of H-pyrrole nitrogens is 2. The summed E-state index contributed by atoms with van der Waals surface area (Å²) in [5, 5.41) is 0. The van der Waals surface area contributed by atoms with E-state index in [0.29, 0.717) is 27.1 Å². The molecule has 21 heavy (non-hydrogen) atoms. The minimum atomic E-state index is -1.00. The monoisotopic (exact) mass is 611 g/mol. The molecule has 0 aliphatic carbocycles. The molecule has 1 heterocycles. The van der Waals surface area contributed by atoms with E-state index in [4.69, 9.17) is 4.84 Å². The number of rotatable bonds is 2. The Kier molecular flexibility index (Phi) is 5.34. The van der Waals surface area contributed by atoms with Crippen molar-refractivity contribution in [3.63, 3.8) is 0 Å². The first-order valence-corrected chi connectivity index (χ1v) is 8.86. The van der Waals surface area contributed by atoms with Crippen molar-refractivity contribution in [3.05, 3.63) is 53.8 Å². The van der Waals surface area contributed by atoms with E-state index in [1.807, 2.05) is 9.97 Å². The SMILES string of the molecule is O=c1[nH]c(=O)n(Oc2c(Br)c(Br)c(Br)c(Br)c2Br)c(=O)[nH]1. The quantitative estimate of drug-likeness (QED) is 0.401. The van der Waals surface area contributed by atoms with Gasteiger partial charge in [0.25, 0.3) is 0 Å². The zero-order valence-corrected chi connectivity index (χ0v) is 17.4. The highest BCUT2D eigenvalue weighted by Gasteiger charge is 2.21. The summed E-state index contributed by atoms with van der Waals surface area (Å²) in [6.45, 7) is 0. The second-order valence-corrected chi connectivity index (χ2v) is 7.44. The van der Waals surface area contributed by atoms with Gasteiger partial charge in [-0.3, -0.25) is 9.97 Å². The van der Waals surface area contributed by atoms with Crippen LogP contribution in [0.3, 0.4) is 0 Å². The number of hydrogen-bond acceptors (Lipinski definition) is 4. The first-order valence-electron chi connectivity index (χ1n) is 4.89. The molecule has 0 atom stereocenters. The van der Waals surface area contributed by atoms with Crippen LogP contribution in [0.15, 0.2) is 36.7 Å². The molecule has 0 aliphatic heterocycles. The van der Waals surface area contributed by atoms with Gasteiger partial charge in [0.2, 0.25) is 0 Å². The highest BCUT2D eigenvalue weighted by atomic mass is 79.9. The van der Waals surface area contributed by atoms with E-state index in [-0.39, 0.29) is 5.75 Å². The van der Waals surface area contributed by atoms with Crippen LogP contribution in [0.2, 0.25) is 0 Å². The number of nitrogens with zero attached hydrogens (tertiary/aromatic N) is 1. The summed E-state index contributed by atoms with van der Waals surface area (Å²) in [6, 6.07) is 0. The third-order valence-electron chi connectivity index (χ3n) is 2.16. The Morgan fingerprint density at radius 1 is 0.714 bits per heavy atom. The maximum atomic E-state index is 11.6. The molecule has 0 amide bonds. The fourth-order valence-electron chi connectivity index (χ4n) is 1.26. The van der Waals surface area contributed by atoms with Crippen molar-refractivity contribution in [1.82, 2.24) is 14.7 Å². The Balaban J connectivity index is 2.69. The van der Waals surface area contributed by atoms with Gasteiger partial charge in [0.15, 0.2) is 5.75 Å². The summed E-state index contributed by atoms with van der Waals surface area (Å²) >= 11 is 16.6. The lowest BCUT2D eigenvalue weighted by Crippen LogP contribution is -2.45. The second kappa shape index (κ2) is 6.52. The zero-order chi connectivity index (χ0) is 15.9. The molecule has 0 saturated carbocycles. The molecule has 112 valence electrons. The summed E-state index contributed by atoms with van der Waals surface area (Å²) in [7, 11) is 0. The molecule has 2 aromatic rings. The lowest BCUT2D eigenvalue weighted by molar-refractivity contribution is 0.180. The second-order valence-electron chi connectivity index (χ2n) is 3.47. The molecule has 7 nitrogen and oxygen atoms in total. The molecule has 12 heteroatoms. The van der Waals surface area contributed by atoms with Gasteiger partial charge >= 0.3 is 17.1 Å². The average Bonchev–Trinajstić information content (AvgIpc) is 2.41. The Morgan fingerprint density at radius 3 is 1.52 bits per heavy atom. The summed E-state index contributed by atoms with van der Waals surface area (Å²) < 4.78 is 3.17. The van der Waals surface area contributed by atoms with E-state index in [1.54, 1.807) is 0 Å². The van der Waals surface area contributed by atoms with E-state index in [0.717, 1.165) is 0 Å². The van der Waals surface area contributed by atoms with Crippen molar-refractivity contribution in [1.29, 1.82) is 0 Å². The van der Waals surface area contributed by atoms with Crippen molar-refractivity contribution in [2.75, 3.05) is 0 Å². The summed E-state index contributed by atoms with van der Waals surface area (Å²) in [4.78, 5) is 43.3. The first kappa shape index (κ1) is 17.2. The average molecular weight is 616 g/mol. The topological polar surface area (TPSA) is 96.9 Å². The lowest BCUT2D eigenvalue weighted by atomic mass is 10.3. The minimum Gasteiger partial charge on any atom is -0.363 e. The maximum absolute atomic E-state index is 11.6. The molecule has 0 spiro atoms. The summed E-state index contributed by atoms with van der Waals surface area (Å²) in [5.41, 5.74) is -2.92. The minimum absolute atomic E-state index is 0.150. The van der Waals surface area contributed by atoms with Crippen LogP contribution in [-0.2, 0) is 0 Å². The lowest BCUT2D eigenvalue weighted by Gasteiger charge is -2.13. The highest BCUT2D eigenvalue weighted by Crippen LogP contribution is 2.48. The van der Waals surface area contributed by atoms with Crippen LogP contribution in [0.25, 0.3) is 0 Å². The van der Waals surface area contributed by atoms with Gasteiger partial charge < -0.3 is 4.84 Å². The number of aromatic nitrogens is 3. The van der Waals surface area contributed by atoms with Gasteiger partial charge in [0.05, 0.1) is 17.9 Å². The summed E-state index contributed by atoms with van der Waals surface area (Å²) in [5.74, 6) is 0.150. The maximum Gasteiger partial charge on any atom is 0.367 e. The van der Waals surface area contributed by atoms with Crippen molar-refractivity contribution in [2.24, 2.45) is 0 Å². The third kappa shape index (κ3) is 3.28. The molecule has 0 saturated heterocycles. The van der Waals surface area contributed by atoms with Gasteiger partial charge in [-0.1, -0.05) is 4.73 Å². The van der Waals surface area contributed by atoms with Crippen molar-refractivity contribution >= 4 is 79.6 Å². The summed E-state index contributed by atoms with van der Waals surface area (Å²) in [6.07, 6.45) is 0. The van der Waals surface area contributed by atoms with Crippen molar-refractivity contribution in [3.8, 4) is 5.75 Å². The largest absolute Gasteiger partial charge is 0.367 e. The van der Waals surface area contributed by atoms with Crippen LogP contribution >= 0.6 is 79.6 Å². The Bertz CT molecular complexity index is 836. The van der Waals surface area contributed by atoms with Crippen LogP contribution in [-0.4, -0.2) is 14.7 Å². The number of hydrogen-bond donors (Lipinski definition) is 2. The molecule has 1 aromatic carbocycles. The molecular formula is C9H2Br5N3O4. The Hall–Kier alpha value is -0.170. The van der Waals surface area contributed by atoms with Crippen LogP contribution in [0.4, 0.5) is 0 Å². The Morgan fingerprint density at radius 2 is 1.10 bits per heavy atom. The van der Waals surface area contributed by atoms with E-state index in [9.17, 15) is 14.4 Å². The molecule has 0 bridgehead atoms. The van der Waals surface area contributed by atoms with Crippen LogP contribution in [0.1, 0.15) is 0 Å². The fraction of sp³-hybridized carbons (Fsp3) is 0. The number of nitrogens with one attached hydrogen (secondary N) is 2. The van der Waals surface area contributed by atoms with Gasteiger partial charge in [-0.05, 0) is 79.6 Å². The van der Waals surface area contributed by atoms with E-state index >= 15 is 0 Å². The van der Waals surface area contributed by atoms with Gasteiger partial charge in [-0.2, -0.15) is 0 Å². The molecule has 0 fully saturated rings. The normalized spacial score (nSPS) is 10.7. The molecule has 2 N–H and O–H groups in total. The van der Waals surface area contributed by atoms with E-state index < -0.39 is 17.1 Å². The Labute approximate surface area is 157 Å². The van der Waals surface area contributed by atoms with Gasteiger partial charge in [-0.25, -0.2) is 14.4 Å². The van der Waals surface area contributed by atoms with Crippen LogP contribution in [0.5, 0.6) is 5.75 Å². The molecule has 1 aromatic heterocycles. The molecular weight excluding hydrogens is 614 g/mol. The molecule has 0 radical (unpaired) electrons. The fourth-order valence-corrected chi connectivity index (χ4v) is 4.41. The highest BCUT2D eigenvalue weighted by molar-refractivity contribution is 9.15. The van der Waals surface area contributed by atoms with Gasteiger partial charge in [0.1, 0.15) is 0 Å². The van der Waals surface area contributed by atoms with Gasteiger partial charge in [0, 0.05) is 4.47 Å². The number of aromatic amines is 2. The molecule has 0 aliphatic rings. The number of halogens is 5. The van der Waals surface area contributed by atoms with Crippen LogP contribution in [0, 0.1) is 0 Å². The first-order chi connectivity index (χ1) is 9.73.